The number of carbonyl (C=O) groups excluding carboxylic acids is 1. The molecule has 5 nitrogen and oxygen atoms in total. The number of hydrogen-bond acceptors (Lipinski definition) is 3. The number of nitrogens with zero attached hydrogens (tertiary/aromatic N) is 1. The third-order valence-electron chi connectivity index (χ3n) is 4.06. The second-order valence-corrected chi connectivity index (χ2v) is 5.52. The molecule has 0 radical (unpaired) electrons. The van der Waals surface area contributed by atoms with E-state index in [4.69, 9.17) is 4.74 Å². The summed E-state index contributed by atoms with van der Waals surface area (Å²) >= 11 is 0. The van der Waals surface area contributed by atoms with E-state index in [1.165, 1.54) is 12.1 Å². The molecule has 0 unspecified atom stereocenters. The van der Waals surface area contributed by atoms with E-state index in [-0.39, 0.29) is 11.7 Å². The lowest BCUT2D eigenvalue weighted by molar-refractivity contribution is 0.0383. The molecule has 0 bridgehead atoms. The summed E-state index contributed by atoms with van der Waals surface area (Å²) in [5.74, 6) is -0.463. The number of aryl methyl sites for hydroxylation is 1. The number of nitrogens with one attached hydrogen (secondary N) is 2. The average Bonchev–Trinajstić information content (AvgIpc) is 2.84. The Kier molecular flexibility index (Phi) is 4.40. The molecule has 6 heteroatoms. The summed E-state index contributed by atoms with van der Waals surface area (Å²) in [5, 5.41) is 3.79. The van der Waals surface area contributed by atoms with Crippen LogP contribution in [0.15, 0.2) is 18.2 Å². The predicted octanol–water partition coefficient (Wildman–Crippen LogP) is 1.68. The van der Waals surface area contributed by atoms with Crippen molar-refractivity contribution in [2.24, 2.45) is 0 Å². The Morgan fingerprint density at radius 1 is 1.41 bits per heavy atom. The Balaban J connectivity index is 1.63. The lowest BCUT2D eigenvalue weighted by Gasteiger charge is -2.26. The zero-order valence-corrected chi connectivity index (χ0v) is 12.6. The van der Waals surface area contributed by atoms with Gasteiger partial charge in [-0.25, -0.2) is 4.39 Å². The lowest BCUT2D eigenvalue weighted by atomic mass is 10.1. The van der Waals surface area contributed by atoms with Crippen LogP contribution in [0.2, 0.25) is 0 Å². The quantitative estimate of drug-likeness (QED) is 0.903. The molecular formula is C16H20FN3O2. The molecule has 0 aliphatic carbocycles. The zero-order valence-electron chi connectivity index (χ0n) is 12.6. The Morgan fingerprint density at radius 2 is 2.18 bits per heavy atom. The molecule has 2 heterocycles. The summed E-state index contributed by atoms with van der Waals surface area (Å²) < 4.78 is 18.5. The molecule has 2 N–H and O–H groups in total. The van der Waals surface area contributed by atoms with E-state index < -0.39 is 0 Å². The number of benzene rings is 1. The number of morpholine rings is 1. The number of carbonyl (C=O) groups is 1. The van der Waals surface area contributed by atoms with E-state index in [1.807, 2.05) is 6.92 Å². The van der Waals surface area contributed by atoms with Gasteiger partial charge < -0.3 is 15.0 Å². The van der Waals surface area contributed by atoms with Crippen LogP contribution in [0.4, 0.5) is 4.39 Å². The van der Waals surface area contributed by atoms with E-state index in [0.717, 1.165) is 43.8 Å². The average molecular weight is 305 g/mol. The first-order valence-electron chi connectivity index (χ1n) is 7.51. The van der Waals surface area contributed by atoms with Gasteiger partial charge in [-0.1, -0.05) is 0 Å². The highest BCUT2D eigenvalue weighted by molar-refractivity contribution is 6.00. The number of aromatic amines is 1. The van der Waals surface area contributed by atoms with Crippen LogP contribution in [0.5, 0.6) is 0 Å². The number of amides is 1. The molecule has 2 aromatic rings. The highest BCUT2D eigenvalue weighted by Crippen LogP contribution is 2.22. The second kappa shape index (κ2) is 6.46. The summed E-state index contributed by atoms with van der Waals surface area (Å²) in [6.45, 7) is 6.57. The number of H-pyrrole nitrogens is 1. The predicted molar refractivity (Wildman–Crippen MR) is 82.6 cm³/mol. The molecule has 1 saturated heterocycles. The first kappa shape index (κ1) is 15.0. The Morgan fingerprint density at radius 3 is 2.95 bits per heavy atom. The van der Waals surface area contributed by atoms with Gasteiger partial charge in [0, 0.05) is 37.1 Å². The summed E-state index contributed by atoms with van der Waals surface area (Å²) in [5.41, 5.74) is 2.00. The van der Waals surface area contributed by atoms with Gasteiger partial charge in [-0.15, -0.1) is 0 Å². The third kappa shape index (κ3) is 3.13. The molecule has 1 aromatic carbocycles. The molecule has 1 aliphatic heterocycles. The number of fused-ring (bicyclic) bond motifs is 1. The van der Waals surface area contributed by atoms with Crippen molar-refractivity contribution in [3.63, 3.8) is 0 Å². The van der Waals surface area contributed by atoms with Crippen molar-refractivity contribution < 1.29 is 13.9 Å². The highest BCUT2D eigenvalue weighted by atomic mass is 19.1. The fraction of sp³-hybridized carbons (Fsp3) is 0.438. The molecule has 1 fully saturated rings. The van der Waals surface area contributed by atoms with Crippen LogP contribution in [0.3, 0.4) is 0 Å². The maximum absolute atomic E-state index is 13.3. The molecule has 118 valence electrons. The van der Waals surface area contributed by atoms with Crippen molar-refractivity contribution in [1.29, 1.82) is 0 Å². The van der Waals surface area contributed by atoms with Gasteiger partial charge in [0.05, 0.1) is 13.2 Å². The summed E-state index contributed by atoms with van der Waals surface area (Å²) in [4.78, 5) is 17.6. The van der Waals surface area contributed by atoms with Crippen molar-refractivity contribution in [1.82, 2.24) is 15.2 Å². The first-order chi connectivity index (χ1) is 10.6. The van der Waals surface area contributed by atoms with Gasteiger partial charge in [0.2, 0.25) is 0 Å². The van der Waals surface area contributed by atoms with Crippen LogP contribution in [0.1, 0.15) is 16.1 Å². The van der Waals surface area contributed by atoms with E-state index in [1.54, 1.807) is 6.07 Å². The fourth-order valence-corrected chi connectivity index (χ4v) is 2.78. The molecule has 1 aromatic heterocycles. The monoisotopic (exact) mass is 305 g/mol. The topological polar surface area (TPSA) is 57.4 Å². The molecule has 0 spiro atoms. The Hall–Kier alpha value is -1.92. The minimum atomic E-state index is -0.312. The van der Waals surface area contributed by atoms with E-state index >= 15 is 0 Å². The SMILES string of the molecule is Cc1c(C(=O)NCCN2CCOCC2)[nH]c2cc(F)ccc12. The van der Waals surface area contributed by atoms with Crippen LogP contribution in [0.25, 0.3) is 10.9 Å². The Labute approximate surface area is 128 Å². The molecule has 0 saturated carbocycles. The molecule has 22 heavy (non-hydrogen) atoms. The minimum absolute atomic E-state index is 0.151. The van der Waals surface area contributed by atoms with Crippen molar-refractivity contribution >= 4 is 16.8 Å². The second-order valence-electron chi connectivity index (χ2n) is 5.52. The molecular weight excluding hydrogens is 285 g/mol. The van der Waals surface area contributed by atoms with Crippen molar-refractivity contribution in [3.05, 3.63) is 35.3 Å². The van der Waals surface area contributed by atoms with Gasteiger partial charge >= 0.3 is 0 Å². The number of hydrogen-bond donors (Lipinski definition) is 2. The smallest absolute Gasteiger partial charge is 0.268 e. The number of ether oxygens (including phenoxy) is 1. The van der Waals surface area contributed by atoms with Crippen molar-refractivity contribution in [2.75, 3.05) is 39.4 Å². The standard InChI is InChI=1S/C16H20FN3O2/c1-11-13-3-2-12(17)10-14(13)19-15(11)16(21)18-4-5-20-6-8-22-9-7-20/h2-3,10,19H,4-9H2,1H3,(H,18,21). The largest absolute Gasteiger partial charge is 0.379 e. The minimum Gasteiger partial charge on any atom is -0.379 e. The number of aromatic nitrogens is 1. The van der Waals surface area contributed by atoms with E-state index in [9.17, 15) is 9.18 Å². The van der Waals surface area contributed by atoms with Gasteiger partial charge in [0.25, 0.3) is 5.91 Å². The van der Waals surface area contributed by atoms with Crippen molar-refractivity contribution in [3.8, 4) is 0 Å². The highest BCUT2D eigenvalue weighted by Gasteiger charge is 2.15. The normalized spacial score (nSPS) is 16.1. The first-order valence-corrected chi connectivity index (χ1v) is 7.51. The van der Waals surface area contributed by atoms with Gasteiger partial charge in [0.1, 0.15) is 11.5 Å². The molecule has 3 rings (SSSR count). The number of halogens is 1. The molecule has 0 atom stereocenters. The van der Waals surface area contributed by atoms with E-state index in [2.05, 4.69) is 15.2 Å². The van der Waals surface area contributed by atoms with Crippen LogP contribution >= 0.6 is 0 Å². The van der Waals surface area contributed by atoms with Crippen LogP contribution in [-0.2, 0) is 4.74 Å². The maximum Gasteiger partial charge on any atom is 0.268 e. The van der Waals surface area contributed by atoms with Gasteiger partial charge in [0.15, 0.2) is 0 Å². The van der Waals surface area contributed by atoms with E-state index in [0.29, 0.717) is 17.8 Å². The van der Waals surface area contributed by atoms with Gasteiger partial charge in [-0.2, -0.15) is 0 Å². The van der Waals surface area contributed by atoms with Crippen LogP contribution in [-0.4, -0.2) is 55.2 Å². The van der Waals surface area contributed by atoms with Gasteiger partial charge in [-0.05, 0) is 30.7 Å². The van der Waals surface area contributed by atoms with Crippen LogP contribution in [0, 0.1) is 12.7 Å². The lowest BCUT2D eigenvalue weighted by Crippen LogP contribution is -2.41. The molecule has 1 amide bonds. The Bertz CT molecular complexity index is 677. The maximum atomic E-state index is 13.3. The zero-order chi connectivity index (χ0) is 15.5. The third-order valence-corrected chi connectivity index (χ3v) is 4.06. The number of rotatable bonds is 4. The summed E-state index contributed by atoms with van der Waals surface area (Å²) in [7, 11) is 0. The van der Waals surface area contributed by atoms with Gasteiger partial charge in [-0.3, -0.25) is 9.69 Å². The van der Waals surface area contributed by atoms with Crippen molar-refractivity contribution in [2.45, 2.75) is 6.92 Å². The van der Waals surface area contributed by atoms with Crippen LogP contribution < -0.4 is 5.32 Å². The molecule has 1 aliphatic rings. The fourth-order valence-electron chi connectivity index (χ4n) is 2.78. The summed E-state index contributed by atoms with van der Waals surface area (Å²) in [6.07, 6.45) is 0. The summed E-state index contributed by atoms with van der Waals surface area (Å²) in [6, 6.07) is 4.51.